The molecule has 4 nitrogen and oxygen atoms in total. The molecule has 0 radical (unpaired) electrons. The highest BCUT2D eigenvalue weighted by Crippen LogP contribution is 2.36. The van der Waals surface area contributed by atoms with Crippen LogP contribution in [-0.2, 0) is 4.74 Å². The average Bonchev–Trinajstić information content (AvgIpc) is 3.40. The summed E-state index contributed by atoms with van der Waals surface area (Å²) in [6.45, 7) is 2.78. The Morgan fingerprint density at radius 1 is 1.00 bits per heavy atom. The first-order valence-electron chi connectivity index (χ1n) is 7.99. The van der Waals surface area contributed by atoms with Crippen LogP contribution in [0.5, 0.6) is 5.75 Å². The van der Waals surface area contributed by atoms with Crippen LogP contribution < -0.4 is 4.74 Å². The molecule has 0 spiro atoms. The lowest BCUT2D eigenvalue weighted by atomic mass is 10.0. The van der Waals surface area contributed by atoms with Crippen LogP contribution in [0.4, 0.5) is 0 Å². The smallest absolute Gasteiger partial charge is 0.253 e. The molecule has 0 N–H and O–H groups in total. The molecule has 118 valence electrons. The Balaban J connectivity index is 1.54. The fourth-order valence-electron chi connectivity index (χ4n) is 2.87. The molecule has 1 saturated carbocycles. The second-order valence-electron chi connectivity index (χ2n) is 5.86. The summed E-state index contributed by atoms with van der Waals surface area (Å²) < 4.78 is 10.5. The topological polar surface area (TPSA) is 38.8 Å². The van der Waals surface area contributed by atoms with Crippen LogP contribution >= 0.6 is 0 Å². The van der Waals surface area contributed by atoms with Crippen LogP contribution in [0.1, 0.15) is 36.0 Å². The molecule has 2 aliphatic rings. The highest BCUT2D eigenvalue weighted by Gasteiger charge is 2.24. The number of allylic oxidation sites excluding steroid dienone is 1. The molecule has 1 amide bonds. The van der Waals surface area contributed by atoms with Crippen molar-refractivity contribution < 1.29 is 14.3 Å². The van der Waals surface area contributed by atoms with E-state index >= 15 is 0 Å². The second kappa shape index (κ2) is 6.97. The van der Waals surface area contributed by atoms with Gasteiger partial charge in [0.2, 0.25) is 0 Å². The molecule has 1 aliphatic carbocycles. The maximum Gasteiger partial charge on any atom is 0.253 e. The molecule has 22 heavy (non-hydrogen) atoms. The van der Waals surface area contributed by atoms with E-state index in [-0.39, 0.29) is 5.91 Å². The molecule has 0 aromatic heterocycles. The number of rotatable bonds is 5. The number of carbonyl (C=O) groups is 1. The van der Waals surface area contributed by atoms with Gasteiger partial charge in [-0.15, -0.1) is 0 Å². The maximum absolute atomic E-state index is 12.5. The van der Waals surface area contributed by atoms with Crippen LogP contribution in [0, 0.1) is 0 Å². The zero-order valence-electron chi connectivity index (χ0n) is 13.1. The van der Waals surface area contributed by atoms with E-state index in [1.54, 1.807) is 18.3 Å². The zero-order valence-corrected chi connectivity index (χ0v) is 13.1. The minimum Gasteiger partial charge on any atom is -0.491 e. The van der Waals surface area contributed by atoms with E-state index in [9.17, 15) is 4.79 Å². The molecule has 0 unspecified atom stereocenters. The van der Waals surface area contributed by atoms with Crippen LogP contribution in [0.25, 0.3) is 0 Å². The van der Waals surface area contributed by atoms with E-state index < -0.39 is 0 Å². The van der Waals surface area contributed by atoms with Crippen LogP contribution in [0.15, 0.2) is 35.4 Å². The van der Waals surface area contributed by atoms with E-state index in [4.69, 9.17) is 9.47 Å². The minimum absolute atomic E-state index is 0.128. The van der Waals surface area contributed by atoms with Gasteiger partial charge >= 0.3 is 0 Å². The zero-order chi connectivity index (χ0) is 15.4. The predicted octanol–water partition coefficient (Wildman–Crippen LogP) is 3.04. The van der Waals surface area contributed by atoms with Crippen molar-refractivity contribution in [3.05, 3.63) is 41.0 Å². The van der Waals surface area contributed by atoms with Crippen molar-refractivity contribution in [2.75, 3.05) is 33.4 Å². The molecule has 1 saturated heterocycles. The van der Waals surface area contributed by atoms with Gasteiger partial charge in [0.15, 0.2) is 0 Å². The van der Waals surface area contributed by atoms with Gasteiger partial charge in [-0.3, -0.25) is 4.79 Å². The lowest BCUT2D eigenvalue weighted by Crippen LogP contribution is -2.36. The van der Waals surface area contributed by atoms with Crippen molar-refractivity contribution >= 4 is 5.91 Å². The standard InChI is InChI=1S/C18H23NO3/c1-21-12-13-22-17-6-4-16(5-7-17)18(20)19-10-8-15(9-11-19)14-2-3-14/h4-7H,2-3,8-13H2,1H3. The van der Waals surface area contributed by atoms with E-state index in [1.807, 2.05) is 29.2 Å². The number of carbonyl (C=O) groups excluding carboxylic acids is 1. The fourth-order valence-corrected chi connectivity index (χ4v) is 2.87. The number of piperidine rings is 1. The van der Waals surface area contributed by atoms with Gasteiger partial charge < -0.3 is 14.4 Å². The van der Waals surface area contributed by atoms with E-state index in [2.05, 4.69) is 0 Å². The third-order valence-electron chi connectivity index (χ3n) is 4.31. The molecule has 0 bridgehead atoms. The van der Waals surface area contributed by atoms with Crippen LogP contribution in [0.3, 0.4) is 0 Å². The summed E-state index contributed by atoms with van der Waals surface area (Å²) in [6.07, 6.45) is 4.68. The lowest BCUT2D eigenvalue weighted by molar-refractivity contribution is 0.0743. The summed E-state index contributed by atoms with van der Waals surface area (Å²) in [5.74, 6) is 0.899. The Morgan fingerprint density at radius 3 is 2.23 bits per heavy atom. The monoisotopic (exact) mass is 301 g/mol. The second-order valence-corrected chi connectivity index (χ2v) is 5.86. The summed E-state index contributed by atoms with van der Waals surface area (Å²) in [4.78, 5) is 14.5. The molecule has 0 atom stereocenters. The molecule has 2 fully saturated rings. The number of methoxy groups -OCH3 is 1. The Hall–Kier alpha value is -1.81. The highest BCUT2D eigenvalue weighted by molar-refractivity contribution is 5.94. The number of hydrogen-bond donors (Lipinski definition) is 0. The number of likely N-dealkylation sites (tertiary alicyclic amines) is 1. The van der Waals surface area contributed by atoms with Crippen molar-refractivity contribution in [1.82, 2.24) is 4.90 Å². The summed E-state index contributed by atoms with van der Waals surface area (Å²) in [6, 6.07) is 7.40. The van der Waals surface area contributed by atoms with Crippen molar-refractivity contribution in [3.8, 4) is 5.75 Å². The molecule has 1 aromatic rings. The molecule has 1 heterocycles. The van der Waals surface area contributed by atoms with Crippen molar-refractivity contribution in [3.63, 3.8) is 0 Å². The largest absolute Gasteiger partial charge is 0.491 e. The summed E-state index contributed by atoms with van der Waals surface area (Å²) >= 11 is 0. The van der Waals surface area contributed by atoms with Gasteiger partial charge in [-0.2, -0.15) is 0 Å². The van der Waals surface area contributed by atoms with Gasteiger partial charge in [-0.1, -0.05) is 11.1 Å². The highest BCUT2D eigenvalue weighted by atomic mass is 16.5. The summed E-state index contributed by atoms with van der Waals surface area (Å²) in [5.41, 5.74) is 3.98. The Labute approximate surface area is 131 Å². The number of benzene rings is 1. The molecule has 4 heteroatoms. The van der Waals surface area contributed by atoms with Gasteiger partial charge in [0.25, 0.3) is 5.91 Å². The quantitative estimate of drug-likeness (QED) is 0.620. The molecule has 1 aromatic carbocycles. The Bertz CT molecular complexity index is 546. The van der Waals surface area contributed by atoms with Crippen molar-refractivity contribution in [1.29, 1.82) is 0 Å². The lowest BCUT2D eigenvalue weighted by Gasteiger charge is -2.28. The van der Waals surface area contributed by atoms with Gasteiger partial charge in [0, 0.05) is 25.8 Å². The Morgan fingerprint density at radius 2 is 1.64 bits per heavy atom. The third-order valence-corrected chi connectivity index (χ3v) is 4.31. The third kappa shape index (κ3) is 3.69. The van der Waals surface area contributed by atoms with Crippen molar-refractivity contribution in [2.45, 2.75) is 25.7 Å². The van der Waals surface area contributed by atoms with Gasteiger partial charge in [-0.05, 0) is 49.9 Å². The van der Waals surface area contributed by atoms with Crippen molar-refractivity contribution in [2.24, 2.45) is 0 Å². The number of hydrogen-bond acceptors (Lipinski definition) is 3. The Kier molecular flexibility index (Phi) is 4.78. The van der Waals surface area contributed by atoms with Crippen LogP contribution in [0.2, 0.25) is 0 Å². The maximum atomic E-state index is 12.5. The van der Waals surface area contributed by atoms with Gasteiger partial charge in [-0.25, -0.2) is 0 Å². The van der Waals surface area contributed by atoms with E-state index in [0.717, 1.165) is 37.2 Å². The molecular formula is C18H23NO3. The first-order valence-corrected chi connectivity index (χ1v) is 7.99. The summed E-state index contributed by atoms with van der Waals surface area (Å²) in [7, 11) is 1.65. The summed E-state index contributed by atoms with van der Waals surface area (Å²) in [5, 5.41) is 0. The van der Waals surface area contributed by atoms with Gasteiger partial charge in [0.05, 0.1) is 6.61 Å². The normalized spacial score (nSPS) is 17.6. The predicted molar refractivity (Wildman–Crippen MR) is 85.2 cm³/mol. The first kappa shape index (κ1) is 15.1. The van der Waals surface area contributed by atoms with E-state index in [1.165, 1.54) is 12.8 Å². The molecule has 1 aliphatic heterocycles. The number of ether oxygens (including phenoxy) is 2. The molecule has 3 rings (SSSR count). The fraction of sp³-hybridized carbons (Fsp3) is 0.500. The number of nitrogens with zero attached hydrogens (tertiary/aromatic N) is 1. The van der Waals surface area contributed by atoms with E-state index in [0.29, 0.717) is 13.2 Å². The minimum atomic E-state index is 0.128. The average molecular weight is 301 g/mol. The van der Waals surface area contributed by atoms with Gasteiger partial charge in [0.1, 0.15) is 12.4 Å². The molecular weight excluding hydrogens is 278 g/mol. The first-order chi connectivity index (χ1) is 10.8. The SMILES string of the molecule is COCCOc1ccc(C(=O)N2CCC(=C3CC3)CC2)cc1. The number of amides is 1. The van der Waals surface area contributed by atoms with Crippen LogP contribution in [-0.4, -0.2) is 44.2 Å².